The Balaban J connectivity index is 1.79. The predicted molar refractivity (Wildman–Crippen MR) is 79.7 cm³/mol. The maximum Gasteiger partial charge on any atom is 0.239 e. The van der Waals surface area contributed by atoms with Crippen LogP contribution in [0.2, 0.25) is 5.02 Å². The fourth-order valence-electron chi connectivity index (χ4n) is 2.46. The summed E-state index contributed by atoms with van der Waals surface area (Å²) in [4.78, 5) is 11.8. The van der Waals surface area contributed by atoms with E-state index in [1.54, 1.807) is 0 Å². The van der Waals surface area contributed by atoms with E-state index in [1.807, 2.05) is 25.1 Å². The van der Waals surface area contributed by atoms with Gasteiger partial charge in [0.1, 0.15) is 0 Å². The summed E-state index contributed by atoms with van der Waals surface area (Å²) in [5.74, 6) is 0.0449. The minimum atomic E-state index is 0.0449. The zero-order valence-corrected chi connectivity index (χ0v) is 12.1. The topological polar surface area (TPSA) is 41.1 Å². The highest BCUT2D eigenvalue weighted by Gasteiger charge is 2.15. The van der Waals surface area contributed by atoms with Gasteiger partial charge in [-0.15, -0.1) is 0 Å². The second kappa shape index (κ2) is 6.80. The van der Waals surface area contributed by atoms with Crippen molar-refractivity contribution < 1.29 is 4.79 Å². The van der Waals surface area contributed by atoms with E-state index >= 15 is 0 Å². The summed E-state index contributed by atoms with van der Waals surface area (Å²) in [6, 6.07) is 6.14. The number of hydrogen-bond donors (Lipinski definition) is 2. The molecule has 1 aliphatic carbocycles. The zero-order valence-electron chi connectivity index (χ0n) is 11.3. The molecule has 0 aliphatic heterocycles. The van der Waals surface area contributed by atoms with E-state index in [9.17, 15) is 4.79 Å². The number of rotatable bonds is 4. The summed E-state index contributed by atoms with van der Waals surface area (Å²) in [6.45, 7) is 2.27. The Bertz CT molecular complexity index is 442. The minimum Gasteiger partial charge on any atom is -0.375 e. The molecule has 2 rings (SSSR count). The van der Waals surface area contributed by atoms with Crippen LogP contribution in [-0.2, 0) is 4.79 Å². The van der Waals surface area contributed by atoms with E-state index in [4.69, 9.17) is 11.6 Å². The van der Waals surface area contributed by atoms with Gasteiger partial charge in [0.05, 0.1) is 17.3 Å². The molecular formula is C15H21ClN2O. The standard InChI is InChI=1S/C15H21ClN2O/c1-11-7-8-14(13(16)9-11)17-10-15(19)18-12-5-3-2-4-6-12/h7-9,12,17H,2-6,10H2,1H3,(H,18,19). The van der Waals surface area contributed by atoms with E-state index in [-0.39, 0.29) is 12.5 Å². The zero-order chi connectivity index (χ0) is 13.7. The van der Waals surface area contributed by atoms with Gasteiger partial charge in [0.25, 0.3) is 0 Å². The highest BCUT2D eigenvalue weighted by molar-refractivity contribution is 6.33. The quantitative estimate of drug-likeness (QED) is 0.886. The third-order valence-electron chi connectivity index (χ3n) is 3.53. The summed E-state index contributed by atoms with van der Waals surface area (Å²) < 4.78 is 0. The molecule has 1 aromatic rings. The van der Waals surface area contributed by atoms with Crippen molar-refractivity contribution in [2.24, 2.45) is 0 Å². The van der Waals surface area contributed by atoms with Crippen LogP contribution < -0.4 is 10.6 Å². The first-order chi connectivity index (χ1) is 9.15. The Morgan fingerprint density at radius 1 is 1.32 bits per heavy atom. The molecule has 1 aromatic carbocycles. The van der Waals surface area contributed by atoms with Crippen molar-refractivity contribution in [3.05, 3.63) is 28.8 Å². The molecule has 0 bridgehead atoms. The van der Waals surface area contributed by atoms with Gasteiger partial charge in [-0.3, -0.25) is 4.79 Å². The second-order valence-corrected chi connectivity index (χ2v) is 5.65. The van der Waals surface area contributed by atoms with Gasteiger partial charge in [0.2, 0.25) is 5.91 Å². The fourth-order valence-corrected chi connectivity index (χ4v) is 2.77. The summed E-state index contributed by atoms with van der Waals surface area (Å²) in [5, 5.41) is 6.82. The Labute approximate surface area is 119 Å². The van der Waals surface area contributed by atoms with E-state index in [0.29, 0.717) is 11.1 Å². The van der Waals surface area contributed by atoms with Crippen molar-refractivity contribution in [3.63, 3.8) is 0 Å². The number of carbonyl (C=O) groups is 1. The number of benzene rings is 1. The Hall–Kier alpha value is -1.22. The van der Waals surface area contributed by atoms with Crippen molar-refractivity contribution in [2.75, 3.05) is 11.9 Å². The molecule has 104 valence electrons. The first kappa shape index (κ1) is 14.2. The number of aryl methyl sites for hydroxylation is 1. The lowest BCUT2D eigenvalue weighted by atomic mass is 9.95. The highest BCUT2D eigenvalue weighted by Crippen LogP contribution is 2.22. The first-order valence-corrected chi connectivity index (χ1v) is 7.32. The van der Waals surface area contributed by atoms with E-state index < -0.39 is 0 Å². The third-order valence-corrected chi connectivity index (χ3v) is 3.85. The molecule has 0 unspecified atom stereocenters. The van der Waals surface area contributed by atoms with Crippen molar-refractivity contribution in [1.29, 1.82) is 0 Å². The third kappa shape index (κ3) is 4.43. The molecule has 1 amide bonds. The summed E-state index contributed by atoms with van der Waals surface area (Å²) in [5.41, 5.74) is 1.92. The molecule has 1 aliphatic rings. The molecule has 0 heterocycles. The number of carbonyl (C=O) groups excluding carboxylic acids is 1. The first-order valence-electron chi connectivity index (χ1n) is 6.94. The molecule has 0 spiro atoms. The summed E-state index contributed by atoms with van der Waals surface area (Å²) in [7, 11) is 0. The number of nitrogens with one attached hydrogen (secondary N) is 2. The molecule has 1 saturated carbocycles. The van der Waals surface area contributed by atoms with Crippen LogP contribution in [0, 0.1) is 6.92 Å². The average Bonchev–Trinajstić information content (AvgIpc) is 2.39. The Morgan fingerprint density at radius 3 is 2.74 bits per heavy atom. The van der Waals surface area contributed by atoms with Crippen molar-refractivity contribution in [2.45, 2.75) is 45.1 Å². The largest absolute Gasteiger partial charge is 0.375 e. The summed E-state index contributed by atoms with van der Waals surface area (Å²) >= 11 is 6.11. The van der Waals surface area contributed by atoms with Crippen LogP contribution in [0.25, 0.3) is 0 Å². The Morgan fingerprint density at radius 2 is 2.05 bits per heavy atom. The van der Waals surface area contributed by atoms with Crippen LogP contribution in [0.1, 0.15) is 37.7 Å². The van der Waals surface area contributed by atoms with Crippen LogP contribution >= 0.6 is 11.6 Å². The molecule has 0 saturated heterocycles. The van der Waals surface area contributed by atoms with Crippen LogP contribution in [-0.4, -0.2) is 18.5 Å². The van der Waals surface area contributed by atoms with Gasteiger partial charge in [-0.05, 0) is 37.5 Å². The van der Waals surface area contributed by atoms with Crippen molar-refractivity contribution in [3.8, 4) is 0 Å². The molecule has 0 aromatic heterocycles. The molecule has 4 heteroatoms. The van der Waals surface area contributed by atoms with Gasteiger partial charge in [0, 0.05) is 6.04 Å². The number of amides is 1. The lowest BCUT2D eigenvalue weighted by Crippen LogP contribution is -2.39. The van der Waals surface area contributed by atoms with Gasteiger partial charge >= 0.3 is 0 Å². The van der Waals surface area contributed by atoms with Crippen LogP contribution in [0.3, 0.4) is 0 Å². The molecular weight excluding hydrogens is 260 g/mol. The van der Waals surface area contributed by atoms with Gasteiger partial charge in [0.15, 0.2) is 0 Å². The molecule has 1 fully saturated rings. The van der Waals surface area contributed by atoms with Gasteiger partial charge in [-0.1, -0.05) is 36.9 Å². The van der Waals surface area contributed by atoms with Crippen molar-refractivity contribution in [1.82, 2.24) is 5.32 Å². The van der Waals surface area contributed by atoms with Crippen LogP contribution in [0.4, 0.5) is 5.69 Å². The fraction of sp³-hybridized carbons (Fsp3) is 0.533. The predicted octanol–water partition coefficient (Wildman–Crippen LogP) is 3.51. The number of hydrogen-bond acceptors (Lipinski definition) is 2. The minimum absolute atomic E-state index is 0.0449. The lowest BCUT2D eigenvalue weighted by molar-refractivity contribution is -0.120. The SMILES string of the molecule is Cc1ccc(NCC(=O)NC2CCCCC2)c(Cl)c1. The Kier molecular flexibility index (Phi) is 5.08. The summed E-state index contributed by atoms with van der Waals surface area (Å²) in [6.07, 6.45) is 5.96. The van der Waals surface area contributed by atoms with Crippen LogP contribution in [0.5, 0.6) is 0 Å². The molecule has 0 atom stereocenters. The molecule has 2 N–H and O–H groups in total. The van der Waals surface area contributed by atoms with Gasteiger partial charge in [-0.2, -0.15) is 0 Å². The monoisotopic (exact) mass is 280 g/mol. The van der Waals surface area contributed by atoms with Gasteiger partial charge in [-0.25, -0.2) is 0 Å². The van der Waals surface area contributed by atoms with E-state index in [1.165, 1.54) is 19.3 Å². The van der Waals surface area contributed by atoms with E-state index in [2.05, 4.69) is 10.6 Å². The van der Waals surface area contributed by atoms with Crippen molar-refractivity contribution >= 4 is 23.2 Å². The van der Waals surface area contributed by atoms with E-state index in [0.717, 1.165) is 24.1 Å². The number of anilines is 1. The second-order valence-electron chi connectivity index (χ2n) is 5.24. The van der Waals surface area contributed by atoms with Crippen LogP contribution in [0.15, 0.2) is 18.2 Å². The smallest absolute Gasteiger partial charge is 0.239 e. The lowest BCUT2D eigenvalue weighted by Gasteiger charge is -2.23. The maximum absolute atomic E-state index is 11.8. The maximum atomic E-state index is 11.8. The molecule has 3 nitrogen and oxygen atoms in total. The average molecular weight is 281 g/mol. The normalized spacial score (nSPS) is 16.1. The molecule has 19 heavy (non-hydrogen) atoms. The highest BCUT2D eigenvalue weighted by atomic mass is 35.5. The molecule has 0 radical (unpaired) electrons. The number of halogens is 1. The van der Waals surface area contributed by atoms with Gasteiger partial charge < -0.3 is 10.6 Å².